The normalized spacial score (nSPS) is 11.7. The predicted molar refractivity (Wildman–Crippen MR) is 115 cm³/mol. The van der Waals surface area contributed by atoms with Crippen LogP contribution in [0.3, 0.4) is 0 Å². The molecule has 0 aliphatic heterocycles. The Balaban J connectivity index is 1.63. The van der Waals surface area contributed by atoms with E-state index < -0.39 is 24.5 Å². The van der Waals surface area contributed by atoms with Crippen LogP contribution in [0.25, 0.3) is 10.9 Å². The first-order valence-electron chi connectivity index (χ1n) is 9.68. The number of ether oxygens (including phenoxy) is 1. The van der Waals surface area contributed by atoms with E-state index in [0.29, 0.717) is 5.69 Å². The van der Waals surface area contributed by atoms with E-state index in [-0.39, 0.29) is 12.3 Å². The van der Waals surface area contributed by atoms with Crippen LogP contribution in [0.5, 0.6) is 0 Å². The van der Waals surface area contributed by atoms with Gasteiger partial charge < -0.3 is 20.4 Å². The van der Waals surface area contributed by atoms with Crippen LogP contribution >= 0.6 is 0 Å². The average Bonchev–Trinajstić information content (AvgIpc) is 3.07. The molecule has 2 amide bonds. The van der Waals surface area contributed by atoms with Crippen LogP contribution in [0.4, 0.5) is 5.69 Å². The monoisotopic (exact) mass is 407 g/mol. The van der Waals surface area contributed by atoms with Crippen molar-refractivity contribution >= 4 is 34.4 Å². The van der Waals surface area contributed by atoms with Crippen LogP contribution in [0.2, 0.25) is 0 Å². The number of amides is 2. The number of rotatable bonds is 7. The average molecular weight is 407 g/mol. The number of carbonyl (C=O) groups is 3. The van der Waals surface area contributed by atoms with Crippen molar-refractivity contribution in [3.05, 3.63) is 65.4 Å². The molecular weight excluding hydrogens is 382 g/mol. The van der Waals surface area contributed by atoms with Crippen molar-refractivity contribution < 1.29 is 19.1 Å². The first-order valence-corrected chi connectivity index (χ1v) is 9.68. The van der Waals surface area contributed by atoms with Crippen LogP contribution in [-0.4, -0.2) is 35.4 Å². The SMILES string of the molecule is CC(=O)N[C@@H](Cc1c[nH]c2ccccc12)C(=O)OCC(=O)Nc1cc(C)cc(C)c1. The van der Waals surface area contributed by atoms with Gasteiger partial charge in [0.2, 0.25) is 5.91 Å². The molecule has 1 atom stereocenters. The zero-order chi connectivity index (χ0) is 21.7. The molecule has 30 heavy (non-hydrogen) atoms. The summed E-state index contributed by atoms with van der Waals surface area (Å²) in [5.41, 5.74) is 4.50. The number of hydrogen-bond donors (Lipinski definition) is 3. The van der Waals surface area contributed by atoms with Gasteiger partial charge in [0.1, 0.15) is 6.04 Å². The molecule has 0 spiro atoms. The van der Waals surface area contributed by atoms with Crippen LogP contribution in [0.1, 0.15) is 23.6 Å². The zero-order valence-corrected chi connectivity index (χ0v) is 17.2. The second-order valence-electron chi connectivity index (χ2n) is 7.35. The smallest absolute Gasteiger partial charge is 0.329 e. The number of aryl methyl sites for hydroxylation is 2. The van der Waals surface area contributed by atoms with Gasteiger partial charge in [-0.3, -0.25) is 9.59 Å². The fourth-order valence-corrected chi connectivity index (χ4v) is 3.44. The van der Waals surface area contributed by atoms with Gasteiger partial charge in [0, 0.05) is 36.1 Å². The van der Waals surface area contributed by atoms with E-state index in [1.54, 1.807) is 6.20 Å². The third kappa shape index (κ3) is 5.47. The first kappa shape index (κ1) is 21.1. The lowest BCUT2D eigenvalue weighted by atomic mass is 10.0. The molecule has 0 saturated carbocycles. The second kappa shape index (κ2) is 9.26. The minimum atomic E-state index is -0.893. The Morgan fingerprint density at radius 3 is 2.47 bits per heavy atom. The lowest BCUT2D eigenvalue weighted by molar-refractivity contribution is -0.150. The summed E-state index contributed by atoms with van der Waals surface area (Å²) < 4.78 is 5.18. The molecule has 0 radical (unpaired) electrons. The molecule has 1 aromatic heterocycles. The maximum atomic E-state index is 12.6. The van der Waals surface area contributed by atoms with Gasteiger partial charge in [-0.25, -0.2) is 4.79 Å². The molecule has 3 aromatic rings. The van der Waals surface area contributed by atoms with Crippen molar-refractivity contribution in [2.24, 2.45) is 0 Å². The maximum Gasteiger partial charge on any atom is 0.329 e. The van der Waals surface area contributed by atoms with Crippen LogP contribution in [0.15, 0.2) is 48.7 Å². The number of esters is 1. The van der Waals surface area contributed by atoms with Gasteiger partial charge in [0.15, 0.2) is 6.61 Å². The number of H-pyrrole nitrogens is 1. The maximum absolute atomic E-state index is 12.6. The molecule has 0 bridgehead atoms. The fraction of sp³-hybridized carbons (Fsp3) is 0.261. The molecule has 0 aliphatic rings. The van der Waals surface area contributed by atoms with Gasteiger partial charge in [-0.05, 0) is 48.7 Å². The minimum Gasteiger partial charge on any atom is -0.454 e. The summed E-state index contributed by atoms with van der Waals surface area (Å²) >= 11 is 0. The van der Waals surface area contributed by atoms with E-state index in [9.17, 15) is 14.4 Å². The number of benzene rings is 2. The van der Waals surface area contributed by atoms with Gasteiger partial charge in [-0.15, -0.1) is 0 Å². The Kier molecular flexibility index (Phi) is 6.51. The number of anilines is 1. The summed E-state index contributed by atoms with van der Waals surface area (Å²) in [7, 11) is 0. The number of nitrogens with one attached hydrogen (secondary N) is 3. The van der Waals surface area contributed by atoms with E-state index in [2.05, 4.69) is 15.6 Å². The van der Waals surface area contributed by atoms with Gasteiger partial charge >= 0.3 is 5.97 Å². The third-order valence-corrected chi connectivity index (χ3v) is 4.61. The van der Waals surface area contributed by atoms with E-state index in [0.717, 1.165) is 27.6 Å². The highest BCUT2D eigenvalue weighted by Crippen LogP contribution is 2.19. The Morgan fingerprint density at radius 2 is 1.77 bits per heavy atom. The number of aromatic amines is 1. The number of carbonyl (C=O) groups excluding carboxylic acids is 3. The van der Waals surface area contributed by atoms with Gasteiger partial charge in [-0.2, -0.15) is 0 Å². The van der Waals surface area contributed by atoms with Crippen LogP contribution in [0, 0.1) is 13.8 Å². The molecule has 3 N–H and O–H groups in total. The third-order valence-electron chi connectivity index (χ3n) is 4.61. The molecule has 156 valence electrons. The lowest BCUT2D eigenvalue weighted by Gasteiger charge is -2.16. The van der Waals surface area contributed by atoms with E-state index >= 15 is 0 Å². The Hall–Kier alpha value is -3.61. The summed E-state index contributed by atoms with van der Waals surface area (Å²) in [5, 5.41) is 6.30. The van der Waals surface area contributed by atoms with Crippen LogP contribution < -0.4 is 10.6 Å². The van der Waals surface area contributed by atoms with Crippen molar-refractivity contribution in [3.63, 3.8) is 0 Å². The highest BCUT2D eigenvalue weighted by atomic mass is 16.5. The van der Waals surface area contributed by atoms with Gasteiger partial charge in [0.05, 0.1) is 0 Å². The predicted octanol–water partition coefficient (Wildman–Crippen LogP) is 3.01. The highest BCUT2D eigenvalue weighted by molar-refractivity contribution is 5.94. The van der Waals surface area contributed by atoms with Crippen molar-refractivity contribution in [3.8, 4) is 0 Å². The Bertz CT molecular complexity index is 1070. The van der Waals surface area contributed by atoms with E-state index in [4.69, 9.17) is 4.74 Å². The highest BCUT2D eigenvalue weighted by Gasteiger charge is 2.23. The quantitative estimate of drug-likeness (QED) is 0.524. The number of hydrogen-bond acceptors (Lipinski definition) is 4. The van der Waals surface area contributed by atoms with Crippen molar-refractivity contribution in [1.82, 2.24) is 10.3 Å². The molecule has 0 fully saturated rings. The van der Waals surface area contributed by atoms with Crippen molar-refractivity contribution in [1.29, 1.82) is 0 Å². The summed E-state index contributed by atoms with van der Waals surface area (Å²) in [5.74, 6) is -1.45. The summed E-state index contributed by atoms with van der Waals surface area (Å²) in [6.07, 6.45) is 2.06. The van der Waals surface area contributed by atoms with Gasteiger partial charge in [-0.1, -0.05) is 24.3 Å². The molecule has 0 saturated heterocycles. The van der Waals surface area contributed by atoms with Gasteiger partial charge in [0.25, 0.3) is 5.91 Å². The standard InChI is InChI=1S/C23H25N3O4/c1-14-8-15(2)10-18(9-14)26-22(28)13-30-23(29)21(25-16(3)27)11-17-12-24-20-7-5-4-6-19(17)20/h4-10,12,21,24H,11,13H2,1-3H3,(H,25,27)(H,26,28)/t21-/m0/s1. The number of aromatic nitrogens is 1. The molecule has 3 rings (SSSR count). The number of fused-ring (bicyclic) bond motifs is 1. The van der Waals surface area contributed by atoms with Crippen molar-refractivity contribution in [2.45, 2.75) is 33.2 Å². The summed E-state index contributed by atoms with van der Waals surface area (Å²) in [4.78, 5) is 39.5. The lowest BCUT2D eigenvalue weighted by Crippen LogP contribution is -2.43. The molecular formula is C23H25N3O4. The summed E-state index contributed by atoms with van der Waals surface area (Å²) in [6, 6.07) is 12.5. The van der Waals surface area contributed by atoms with E-state index in [1.165, 1.54) is 6.92 Å². The summed E-state index contributed by atoms with van der Waals surface area (Å²) in [6.45, 7) is 4.77. The van der Waals surface area contributed by atoms with Crippen LogP contribution in [-0.2, 0) is 25.5 Å². The zero-order valence-electron chi connectivity index (χ0n) is 17.2. The Morgan fingerprint density at radius 1 is 1.07 bits per heavy atom. The molecule has 7 nitrogen and oxygen atoms in total. The molecule has 7 heteroatoms. The van der Waals surface area contributed by atoms with Crippen molar-refractivity contribution in [2.75, 3.05) is 11.9 Å². The molecule has 2 aromatic carbocycles. The topological polar surface area (TPSA) is 100 Å². The molecule has 0 unspecified atom stereocenters. The molecule has 0 aliphatic carbocycles. The minimum absolute atomic E-state index is 0.251. The largest absolute Gasteiger partial charge is 0.454 e. The van der Waals surface area contributed by atoms with E-state index in [1.807, 2.05) is 56.3 Å². The Labute approximate surface area is 174 Å². The fourth-order valence-electron chi connectivity index (χ4n) is 3.44. The number of para-hydroxylation sites is 1. The first-order chi connectivity index (χ1) is 14.3. The molecule has 1 heterocycles. The second-order valence-corrected chi connectivity index (χ2v) is 7.35.